The summed E-state index contributed by atoms with van der Waals surface area (Å²) in [5, 5.41) is 20.0. The zero-order valence-corrected chi connectivity index (χ0v) is 9.02. The number of aliphatic hydroxyl groups is 1. The second-order valence-electron chi connectivity index (χ2n) is 3.63. The fourth-order valence-corrected chi connectivity index (χ4v) is 1.46. The van der Waals surface area contributed by atoms with E-state index in [0.717, 1.165) is 18.2 Å². The number of aliphatic hydroxyl groups excluding tert-OH is 1. The molecule has 0 heterocycles. The average molecular weight is 227 g/mol. The Hall–Kier alpha value is -1.49. The summed E-state index contributed by atoms with van der Waals surface area (Å²) in [7, 11) is 0. The molecule has 88 valence electrons. The van der Waals surface area contributed by atoms with Gasteiger partial charge in [0.1, 0.15) is 5.82 Å². The van der Waals surface area contributed by atoms with Gasteiger partial charge in [-0.2, -0.15) is 0 Å². The molecule has 1 aromatic carbocycles. The summed E-state index contributed by atoms with van der Waals surface area (Å²) in [6.07, 6.45) is 0.801. The molecule has 0 bridgehead atoms. The Labute approximate surface area is 92.9 Å². The van der Waals surface area contributed by atoms with Crippen molar-refractivity contribution in [2.45, 2.75) is 32.3 Å². The lowest BCUT2D eigenvalue weighted by Gasteiger charge is -2.07. The maximum absolute atomic E-state index is 12.9. The van der Waals surface area contributed by atoms with Gasteiger partial charge in [-0.25, -0.2) is 4.39 Å². The third kappa shape index (κ3) is 3.27. The number of halogens is 1. The van der Waals surface area contributed by atoms with Gasteiger partial charge in [-0.05, 0) is 31.4 Å². The fourth-order valence-electron chi connectivity index (χ4n) is 1.46. The standard InChI is InChI=1S/C11H14FNO3/c1-2-10(14)5-3-8-7-9(12)4-6-11(8)13(15)16/h4,6-7,10,14H,2-3,5H2,1H3. The highest BCUT2D eigenvalue weighted by atomic mass is 19.1. The maximum Gasteiger partial charge on any atom is 0.272 e. The minimum atomic E-state index is -0.535. The Morgan fingerprint density at radius 3 is 2.81 bits per heavy atom. The highest BCUT2D eigenvalue weighted by molar-refractivity contribution is 5.40. The van der Waals surface area contributed by atoms with Crippen molar-refractivity contribution < 1.29 is 14.4 Å². The molecule has 5 heteroatoms. The number of hydrogen-bond donors (Lipinski definition) is 1. The van der Waals surface area contributed by atoms with Crippen LogP contribution >= 0.6 is 0 Å². The van der Waals surface area contributed by atoms with E-state index < -0.39 is 16.8 Å². The third-order valence-electron chi connectivity index (χ3n) is 2.46. The quantitative estimate of drug-likeness (QED) is 0.620. The van der Waals surface area contributed by atoms with Crippen LogP contribution in [0.3, 0.4) is 0 Å². The van der Waals surface area contributed by atoms with Gasteiger partial charge in [-0.3, -0.25) is 10.1 Å². The SMILES string of the molecule is CCC(O)CCc1cc(F)ccc1[N+](=O)[O-]. The number of benzene rings is 1. The van der Waals surface area contributed by atoms with Crippen molar-refractivity contribution in [1.82, 2.24) is 0 Å². The number of rotatable bonds is 5. The Morgan fingerprint density at radius 1 is 1.56 bits per heavy atom. The molecule has 0 saturated carbocycles. The van der Waals surface area contributed by atoms with Gasteiger partial charge in [0.15, 0.2) is 0 Å². The lowest BCUT2D eigenvalue weighted by Crippen LogP contribution is -2.07. The zero-order valence-electron chi connectivity index (χ0n) is 9.02. The van der Waals surface area contributed by atoms with E-state index in [1.54, 1.807) is 0 Å². The molecule has 0 spiro atoms. The molecule has 1 atom stereocenters. The van der Waals surface area contributed by atoms with Crippen LogP contribution < -0.4 is 0 Å². The van der Waals surface area contributed by atoms with Crippen LogP contribution in [0, 0.1) is 15.9 Å². The van der Waals surface area contributed by atoms with E-state index in [-0.39, 0.29) is 5.69 Å². The number of aryl methyl sites for hydroxylation is 1. The van der Waals surface area contributed by atoms with Gasteiger partial charge in [0.2, 0.25) is 0 Å². The molecule has 16 heavy (non-hydrogen) atoms. The van der Waals surface area contributed by atoms with Crippen molar-refractivity contribution in [3.63, 3.8) is 0 Å². The predicted molar refractivity (Wildman–Crippen MR) is 57.7 cm³/mol. The van der Waals surface area contributed by atoms with E-state index in [1.807, 2.05) is 6.92 Å². The summed E-state index contributed by atoms with van der Waals surface area (Å²) >= 11 is 0. The predicted octanol–water partition coefficient (Wildman–Crippen LogP) is 2.44. The Balaban J connectivity index is 2.84. The van der Waals surface area contributed by atoms with Gasteiger partial charge < -0.3 is 5.11 Å². The summed E-state index contributed by atoms with van der Waals surface area (Å²) in [4.78, 5) is 10.1. The fraction of sp³-hybridized carbons (Fsp3) is 0.455. The number of nitro groups is 1. The average Bonchev–Trinajstić information content (AvgIpc) is 2.25. The molecule has 1 rings (SSSR count). The molecule has 1 aromatic rings. The van der Waals surface area contributed by atoms with Gasteiger partial charge >= 0.3 is 0 Å². The van der Waals surface area contributed by atoms with E-state index in [0.29, 0.717) is 24.8 Å². The van der Waals surface area contributed by atoms with Crippen molar-refractivity contribution in [3.05, 3.63) is 39.7 Å². The normalized spacial score (nSPS) is 12.4. The molecule has 0 aliphatic rings. The van der Waals surface area contributed by atoms with Crippen molar-refractivity contribution in [3.8, 4) is 0 Å². The molecule has 0 saturated heterocycles. The van der Waals surface area contributed by atoms with Gasteiger partial charge in [-0.1, -0.05) is 6.92 Å². The van der Waals surface area contributed by atoms with Crippen molar-refractivity contribution in [2.75, 3.05) is 0 Å². The van der Waals surface area contributed by atoms with Crippen LogP contribution in [0.25, 0.3) is 0 Å². The van der Waals surface area contributed by atoms with Crippen LogP contribution in [-0.2, 0) is 6.42 Å². The van der Waals surface area contributed by atoms with Crippen molar-refractivity contribution >= 4 is 5.69 Å². The summed E-state index contributed by atoms with van der Waals surface area (Å²) in [5.74, 6) is -0.494. The minimum absolute atomic E-state index is 0.0929. The van der Waals surface area contributed by atoms with Crippen LogP contribution in [0.2, 0.25) is 0 Å². The third-order valence-corrected chi connectivity index (χ3v) is 2.46. The van der Waals surface area contributed by atoms with Crippen LogP contribution in [0.4, 0.5) is 10.1 Å². The summed E-state index contributed by atoms with van der Waals surface area (Å²) in [6.45, 7) is 1.82. The highest BCUT2D eigenvalue weighted by Crippen LogP contribution is 2.21. The first-order valence-electron chi connectivity index (χ1n) is 5.15. The van der Waals surface area contributed by atoms with E-state index in [1.165, 1.54) is 0 Å². The topological polar surface area (TPSA) is 63.4 Å². The summed E-state index contributed by atoms with van der Waals surface area (Å²) < 4.78 is 12.9. The molecule has 0 aliphatic heterocycles. The molecular weight excluding hydrogens is 213 g/mol. The van der Waals surface area contributed by atoms with Gasteiger partial charge in [0, 0.05) is 11.6 Å². The summed E-state index contributed by atoms with van der Waals surface area (Å²) in [5.41, 5.74) is 0.238. The van der Waals surface area contributed by atoms with Gasteiger partial charge in [0.05, 0.1) is 11.0 Å². The number of nitrogens with zero attached hydrogens (tertiary/aromatic N) is 1. The summed E-state index contributed by atoms with van der Waals surface area (Å²) in [6, 6.07) is 3.38. The first-order valence-corrected chi connectivity index (χ1v) is 5.15. The van der Waals surface area contributed by atoms with E-state index in [9.17, 15) is 19.6 Å². The molecule has 1 N–H and O–H groups in total. The first kappa shape index (κ1) is 12.6. The molecule has 0 fully saturated rings. The van der Waals surface area contributed by atoms with Crippen LogP contribution in [-0.4, -0.2) is 16.1 Å². The molecule has 4 nitrogen and oxygen atoms in total. The first-order chi connectivity index (χ1) is 7.54. The second-order valence-corrected chi connectivity index (χ2v) is 3.63. The van der Waals surface area contributed by atoms with Crippen molar-refractivity contribution in [2.24, 2.45) is 0 Å². The lowest BCUT2D eigenvalue weighted by atomic mass is 10.0. The second kappa shape index (κ2) is 5.55. The van der Waals surface area contributed by atoms with Crippen molar-refractivity contribution in [1.29, 1.82) is 0 Å². The van der Waals surface area contributed by atoms with Crippen LogP contribution in [0.5, 0.6) is 0 Å². The largest absolute Gasteiger partial charge is 0.393 e. The molecule has 1 unspecified atom stereocenters. The smallest absolute Gasteiger partial charge is 0.272 e. The zero-order chi connectivity index (χ0) is 12.1. The minimum Gasteiger partial charge on any atom is -0.393 e. The van der Waals surface area contributed by atoms with Gasteiger partial charge in [0.25, 0.3) is 5.69 Å². The number of nitro benzene ring substituents is 1. The highest BCUT2D eigenvalue weighted by Gasteiger charge is 2.15. The molecule has 0 aliphatic carbocycles. The maximum atomic E-state index is 12.9. The number of hydrogen-bond acceptors (Lipinski definition) is 3. The van der Waals surface area contributed by atoms with E-state index in [2.05, 4.69) is 0 Å². The monoisotopic (exact) mass is 227 g/mol. The van der Waals surface area contributed by atoms with E-state index >= 15 is 0 Å². The molecule has 0 aromatic heterocycles. The molecule has 0 radical (unpaired) electrons. The molecular formula is C11H14FNO3. The Bertz CT molecular complexity index is 381. The van der Waals surface area contributed by atoms with Crippen LogP contribution in [0.1, 0.15) is 25.3 Å². The molecule has 0 amide bonds. The van der Waals surface area contributed by atoms with Crippen LogP contribution in [0.15, 0.2) is 18.2 Å². The lowest BCUT2D eigenvalue weighted by molar-refractivity contribution is -0.385. The van der Waals surface area contributed by atoms with E-state index in [4.69, 9.17) is 0 Å². The Kier molecular flexibility index (Phi) is 4.37. The van der Waals surface area contributed by atoms with Gasteiger partial charge in [-0.15, -0.1) is 0 Å². The Morgan fingerprint density at radius 2 is 2.25 bits per heavy atom.